The monoisotopic (exact) mass is 256 g/mol. The van der Waals surface area contributed by atoms with Gasteiger partial charge in [0.05, 0.1) is 12.6 Å². The van der Waals surface area contributed by atoms with E-state index in [0.29, 0.717) is 5.95 Å². The first-order chi connectivity index (χ1) is 9.38. The molecule has 0 radical (unpaired) electrons. The lowest BCUT2D eigenvalue weighted by Gasteiger charge is -2.22. The van der Waals surface area contributed by atoms with Crippen molar-refractivity contribution in [3.05, 3.63) is 36.9 Å². The van der Waals surface area contributed by atoms with Crippen molar-refractivity contribution >= 4 is 5.95 Å². The summed E-state index contributed by atoms with van der Waals surface area (Å²) in [6, 6.07) is 4.03. The Bertz CT molecular complexity index is 529. The molecule has 1 unspecified atom stereocenters. The molecule has 1 saturated heterocycles. The summed E-state index contributed by atoms with van der Waals surface area (Å²) in [5.74, 6) is 0.703. The third-order valence-electron chi connectivity index (χ3n) is 3.50. The highest BCUT2D eigenvalue weighted by molar-refractivity contribution is 5.61. The van der Waals surface area contributed by atoms with E-state index in [4.69, 9.17) is 0 Å². The van der Waals surface area contributed by atoms with Crippen LogP contribution in [0.3, 0.4) is 0 Å². The molecule has 1 aliphatic heterocycles. The highest BCUT2D eigenvalue weighted by atomic mass is 16.3. The van der Waals surface area contributed by atoms with Crippen LogP contribution < -0.4 is 4.90 Å². The molecule has 0 saturated carbocycles. The number of aliphatic hydroxyl groups excluding tert-OH is 1. The Kier molecular flexibility index (Phi) is 3.37. The van der Waals surface area contributed by atoms with Gasteiger partial charge in [-0.05, 0) is 30.5 Å². The largest absolute Gasteiger partial charge is 0.394 e. The average molecular weight is 256 g/mol. The van der Waals surface area contributed by atoms with Gasteiger partial charge in [-0.1, -0.05) is 0 Å². The number of aromatic nitrogens is 3. The van der Waals surface area contributed by atoms with Crippen LogP contribution in [0.1, 0.15) is 12.8 Å². The zero-order chi connectivity index (χ0) is 13.1. The number of aliphatic hydroxyl groups is 1. The van der Waals surface area contributed by atoms with Crippen LogP contribution in [-0.4, -0.2) is 39.3 Å². The van der Waals surface area contributed by atoms with Crippen molar-refractivity contribution in [3.63, 3.8) is 0 Å². The predicted molar refractivity (Wildman–Crippen MR) is 72.7 cm³/mol. The van der Waals surface area contributed by atoms with Gasteiger partial charge < -0.3 is 10.0 Å². The summed E-state index contributed by atoms with van der Waals surface area (Å²) in [6.07, 6.45) is 9.25. The van der Waals surface area contributed by atoms with Gasteiger partial charge in [0, 0.05) is 36.9 Å². The number of hydrogen-bond donors (Lipinski definition) is 1. The summed E-state index contributed by atoms with van der Waals surface area (Å²) >= 11 is 0. The second-order valence-electron chi connectivity index (χ2n) is 4.68. The van der Waals surface area contributed by atoms with E-state index in [1.807, 2.05) is 24.5 Å². The molecule has 2 aromatic rings. The van der Waals surface area contributed by atoms with E-state index in [9.17, 15) is 5.11 Å². The van der Waals surface area contributed by atoms with Gasteiger partial charge in [-0.25, -0.2) is 9.97 Å². The maximum Gasteiger partial charge on any atom is 0.225 e. The van der Waals surface area contributed by atoms with Crippen LogP contribution in [0.5, 0.6) is 0 Å². The van der Waals surface area contributed by atoms with E-state index in [1.165, 1.54) is 0 Å². The first-order valence-electron chi connectivity index (χ1n) is 6.48. The molecule has 19 heavy (non-hydrogen) atoms. The second-order valence-corrected chi connectivity index (χ2v) is 4.68. The zero-order valence-electron chi connectivity index (χ0n) is 10.6. The molecule has 1 atom stereocenters. The molecule has 98 valence electrons. The number of nitrogens with zero attached hydrogens (tertiary/aromatic N) is 4. The number of rotatable bonds is 3. The predicted octanol–water partition coefficient (Wildman–Crippen LogP) is 1.50. The molecule has 0 aliphatic carbocycles. The lowest BCUT2D eigenvalue weighted by atomic mass is 10.1. The molecule has 5 heteroatoms. The van der Waals surface area contributed by atoms with Crippen molar-refractivity contribution in [1.29, 1.82) is 0 Å². The van der Waals surface area contributed by atoms with Gasteiger partial charge in [-0.2, -0.15) is 0 Å². The first-order valence-corrected chi connectivity index (χ1v) is 6.48. The van der Waals surface area contributed by atoms with Crippen molar-refractivity contribution in [2.75, 3.05) is 18.1 Å². The molecule has 2 aromatic heterocycles. The van der Waals surface area contributed by atoms with Gasteiger partial charge in [0.1, 0.15) is 0 Å². The van der Waals surface area contributed by atoms with E-state index < -0.39 is 0 Å². The molecular weight excluding hydrogens is 240 g/mol. The van der Waals surface area contributed by atoms with Crippen LogP contribution in [0.25, 0.3) is 11.1 Å². The Morgan fingerprint density at radius 2 is 1.89 bits per heavy atom. The van der Waals surface area contributed by atoms with E-state index in [0.717, 1.165) is 30.5 Å². The van der Waals surface area contributed by atoms with Crippen LogP contribution in [0.2, 0.25) is 0 Å². The lowest BCUT2D eigenvalue weighted by Crippen LogP contribution is -2.33. The van der Waals surface area contributed by atoms with Crippen LogP contribution in [0, 0.1) is 0 Å². The second kappa shape index (κ2) is 5.32. The van der Waals surface area contributed by atoms with Gasteiger partial charge in [0.15, 0.2) is 0 Å². The van der Waals surface area contributed by atoms with Crippen molar-refractivity contribution in [1.82, 2.24) is 15.0 Å². The average Bonchev–Trinajstić information content (AvgIpc) is 2.97. The summed E-state index contributed by atoms with van der Waals surface area (Å²) in [5.41, 5.74) is 2.03. The summed E-state index contributed by atoms with van der Waals surface area (Å²) in [7, 11) is 0. The zero-order valence-corrected chi connectivity index (χ0v) is 10.6. The topological polar surface area (TPSA) is 62.1 Å². The van der Waals surface area contributed by atoms with Crippen molar-refractivity contribution in [3.8, 4) is 11.1 Å². The molecule has 1 N–H and O–H groups in total. The summed E-state index contributed by atoms with van der Waals surface area (Å²) < 4.78 is 0. The van der Waals surface area contributed by atoms with Gasteiger partial charge in [0.25, 0.3) is 0 Å². The smallest absolute Gasteiger partial charge is 0.225 e. The van der Waals surface area contributed by atoms with Crippen molar-refractivity contribution < 1.29 is 5.11 Å². The third-order valence-corrected chi connectivity index (χ3v) is 3.50. The highest BCUT2D eigenvalue weighted by Gasteiger charge is 2.25. The number of hydrogen-bond acceptors (Lipinski definition) is 5. The van der Waals surface area contributed by atoms with Crippen LogP contribution in [0.4, 0.5) is 5.95 Å². The SMILES string of the molecule is OCC1CCCN1c1ncc(-c2ccncc2)cn1. The van der Waals surface area contributed by atoms with E-state index in [2.05, 4.69) is 19.9 Å². The molecule has 0 aromatic carbocycles. The minimum absolute atomic E-state index is 0.159. The van der Waals surface area contributed by atoms with Gasteiger partial charge >= 0.3 is 0 Å². The minimum Gasteiger partial charge on any atom is -0.394 e. The van der Waals surface area contributed by atoms with Crippen molar-refractivity contribution in [2.24, 2.45) is 0 Å². The molecule has 0 bridgehead atoms. The molecule has 1 aliphatic rings. The molecule has 3 rings (SSSR count). The Morgan fingerprint density at radius 3 is 2.58 bits per heavy atom. The summed E-state index contributed by atoms with van der Waals surface area (Å²) in [4.78, 5) is 14.9. The van der Waals surface area contributed by atoms with Gasteiger partial charge in [-0.3, -0.25) is 4.98 Å². The fourth-order valence-electron chi connectivity index (χ4n) is 2.45. The molecule has 1 fully saturated rings. The molecule has 0 amide bonds. The Morgan fingerprint density at radius 1 is 1.16 bits per heavy atom. The van der Waals surface area contributed by atoms with E-state index >= 15 is 0 Å². The van der Waals surface area contributed by atoms with Gasteiger partial charge in [-0.15, -0.1) is 0 Å². The Hall–Kier alpha value is -2.01. The molecule has 3 heterocycles. The standard InChI is InChI=1S/C14H16N4O/c19-10-13-2-1-7-18(13)14-16-8-12(9-17-14)11-3-5-15-6-4-11/h3-6,8-9,13,19H,1-2,7,10H2. The molecule has 5 nitrogen and oxygen atoms in total. The Balaban J connectivity index is 1.83. The third kappa shape index (κ3) is 2.42. The van der Waals surface area contributed by atoms with Gasteiger partial charge in [0.2, 0.25) is 5.95 Å². The van der Waals surface area contributed by atoms with Crippen molar-refractivity contribution in [2.45, 2.75) is 18.9 Å². The fourth-order valence-corrected chi connectivity index (χ4v) is 2.45. The van der Waals surface area contributed by atoms with E-state index in [-0.39, 0.29) is 12.6 Å². The minimum atomic E-state index is 0.159. The number of pyridine rings is 1. The Labute approximate surface area is 112 Å². The molecular formula is C14H16N4O. The maximum atomic E-state index is 9.33. The quantitative estimate of drug-likeness (QED) is 0.901. The summed E-state index contributed by atoms with van der Waals surface area (Å²) in [6.45, 7) is 1.08. The normalized spacial score (nSPS) is 18.8. The maximum absolute atomic E-state index is 9.33. The molecule has 0 spiro atoms. The van der Waals surface area contributed by atoms with Crippen LogP contribution in [0.15, 0.2) is 36.9 Å². The van der Waals surface area contributed by atoms with Crippen LogP contribution >= 0.6 is 0 Å². The number of anilines is 1. The first kappa shape index (κ1) is 12.0. The fraction of sp³-hybridized carbons (Fsp3) is 0.357. The lowest BCUT2D eigenvalue weighted by molar-refractivity contribution is 0.265. The summed E-state index contributed by atoms with van der Waals surface area (Å²) in [5, 5.41) is 9.33. The van der Waals surface area contributed by atoms with Crippen LogP contribution in [-0.2, 0) is 0 Å². The highest BCUT2D eigenvalue weighted by Crippen LogP contribution is 2.23. The van der Waals surface area contributed by atoms with E-state index in [1.54, 1.807) is 12.4 Å².